The van der Waals surface area contributed by atoms with Crippen molar-refractivity contribution in [2.75, 3.05) is 0 Å². The van der Waals surface area contributed by atoms with Crippen molar-refractivity contribution in [3.63, 3.8) is 0 Å². The van der Waals surface area contributed by atoms with Crippen molar-refractivity contribution >= 4 is 20.0 Å². The lowest BCUT2D eigenvalue weighted by atomic mass is 9.93. The van der Waals surface area contributed by atoms with Gasteiger partial charge in [-0.1, -0.05) is 51.1 Å². The number of carbonyl (C=O) groups excluding carboxylic acids is 2. The third-order valence-corrected chi connectivity index (χ3v) is 9.56. The van der Waals surface area contributed by atoms with E-state index in [9.17, 15) is 9.59 Å². The van der Waals surface area contributed by atoms with Crippen molar-refractivity contribution in [2.24, 2.45) is 0 Å². The number of likely N-dealkylation sites (tertiary alicyclic amines) is 1. The van der Waals surface area contributed by atoms with E-state index in [0.29, 0.717) is 5.56 Å². The van der Waals surface area contributed by atoms with Crippen LogP contribution in [0.5, 0.6) is 0 Å². The summed E-state index contributed by atoms with van der Waals surface area (Å²) in [6.07, 6.45) is -0.0892. The molecule has 126 valence electrons. The van der Waals surface area contributed by atoms with E-state index in [4.69, 9.17) is 4.43 Å². The number of carbonyl (C=O) groups is 2. The van der Waals surface area contributed by atoms with Gasteiger partial charge in [-0.2, -0.15) is 0 Å². The topological polar surface area (TPSA) is 46.6 Å². The first kappa shape index (κ1) is 17.9. The van der Waals surface area contributed by atoms with Gasteiger partial charge in [0.2, 0.25) is 5.91 Å². The highest BCUT2D eigenvalue weighted by Gasteiger charge is 2.47. The van der Waals surface area contributed by atoms with E-state index in [1.54, 1.807) is 17.0 Å². The van der Waals surface area contributed by atoms with Crippen LogP contribution in [0.3, 0.4) is 0 Å². The molecule has 1 aromatic rings. The Balaban J connectivity index is 2.12. The Labute approximate surface area is 140 Å². The van der Waals surface area contributed by atoms with Gasteiger partial charge in [0.25, 0.3) is 0 Å². The molecule has 23 heavy (non-hydrogen) atoms. The van der Waals surface area contributed by atoms with Gasteiger partial charge in [0.05, 0.1) is 6.42 Å². The lowest BCUT2D eigenvalue weighted by molar-refractivity contribution is -0.156. The molecule has 1 aromatic carbocycles. The Kier molecular flexibility index (Phi) is 4.83. The maximum absolute atomic E-state index is 12.6. The summed E-state index contributed by atoms with van der Waals surface area (Å²) in [5, 5.41) is 0.0636. The zero-order valence-electron chi connectivity index (χ0n) is 14.9. The minimum absolute atomic E-state index is 0.00381. The number of hydrogen-bond acceptors (Lipinski definition) is 3. The van der Waals surface area contributed by atoms with Gasteiger partial charge >= 0.3 is 0 Å². The van der Waals surface area contributed by atoms with Gasteiger partial charge < -0.3 is 9.33 Å². The zero-order chi connectivity index (χ0) is 17.4. The van der Waals surface area contributed by atoms with Gasteiger partial charge in [-0.05, 0) is 25.1 Å². The summed E-state index contributed by atoms with van der Waals surface area (Å²) in [5.41, 5.74) is 0.648. The summed E-state index contributed by atoms with van der Waals surface area (Å²) in [5.74, 6) is -0.0126. The maximum Gasteiger partial charge on any atom is 0.227 e. The van der Waals surface area contributed by atoms with Gasteiger partial charge in [0.15, 0.2) is 14.1 Å². The second-order valence-corrected chi connectivity index (χ2v) is 12.5. The molecule has 0 N–H and O–H groups in total. The Morgan fingerprint density at radius 3 is 2.30 bits per heavy atom. The lowest BCUT2D eigenvalue weighted by Crippen LogP contribution is -2.62. The number of benzene rings is 1. The van der Waals surface area contributed by atoms with E-state index in [-0.39, 0.29) is 29.4 Å². The molecule has 0 spiro atoms. The van der Waals surface area contributed by atoms with Crippen molar-refractivity contribution in [3.05, 3.63) is 35.9 Å². The molecule has 0 bridgehead atoms. The van der Waals surface area contributed by atoms with Crippen LogP contribution in [0.2, 0.25) is 18.1 Å². The fraction of sp³-hybridized carbons (Fsp3) is 0.556. The summed E-state index contributed by atoms with van der Waals surface area (Å²) < 4.78 is 6.28. The smallest absolute Gasteiger partial charge is 0.227 e. The minimum Gasteiger partial charge on any atom is -0.397 e. The molecule has 0 radical (unpaired) electrons. The van der Waals surface area contributed by atoms with Gasteiger partial charge in [-0.15, -0.1) is 0 Å². The van der Waals surface area contributed by atoms with E-state index < -0.39 is 14.4 Å². The van der Waals surface area contributed by atoms with E-state index in [1.807, 2.05) is 25.1 Å². The Hall–Kier alpha value is -1.46. The Morgan fingerprint density at radius 1 is 1.26 bits per heavy atom. The number of rotatable bonds is 5. The van der Waals surface area contributed by atoms with Crippen LogP contribution in [-0.4, -0.2) is 37.2 Å². The first-order valence-corrected chi connectivity index (χ1v) is 11.0. The van der Waals surface area contributed by atoms with Crippen molar-refractivity contribution in [1.29, 1.82) is 0 Å². The second kappa shape index (κ2) is 6.21. The summed E-state index contributed by atoms with van der Waals surface area (Å²) >= 11 is 0. The fourth-order valence-electron chi connectivity index (χ4n) is 2.56. The highest BCUT2D eigenvalue weighted by atomic mass is 28.4. The number of Topliss-reactive ketones (excluding diaryl/α,β-unsaturated/α-hetero) is 1. The molecular formula is C18H27NO3Si. The van der Waals surface area contributed by atoms with E-state index >= 15 is 0 Å². The number of amides is 1. The van der Waals surface area contributed by atoms with Gasteiger partial charge in [0, 0.05) is 5.56 Å². The van der Waals surface area contributed by atoms with Crippen LogP contribution in [0.15, 0.2) is 30.3 Å². The molecule has 1 aliphatic heterocycles. The van der Waals surface area contributed by atoms with Crippen molar-refractivity contribution in [3.8, 4) is 0 Å². The van der Waals surface area contributed by atoms with Gasteiger partial charge in [-0.25, -0.2) is 0 Å². The number of β-lactam (4-membered cyclic amide) rings is 1. The van der Waals surface area contributed by atoms with Crippen LogP contribution >= 0.6 is 0 Å². The molecule has 2 rings (SSSR count). The largest absolute Gasteiger partial charge is 0.397 e. The molecular weight excluding hydrogens is 306 g/mol. The number of hydrogen-bond donors (Lipinski definition) is 0. The zero-order valence-corrected chi connectivity index (χ0v) is 15.9. The highest BCUT2D eigenvalue weighted by molar-refractivity contribution is 6.74. The van der Waals surface area contributed by atoms with Crippen molar-refractivity contribution in [2.45, 2.75) is 64.5 Å². The molecule has 1 amide bonds. The molecule has 1 aliphatic rings. The molecule has 0 saturated carbocycles. The number of nitrogens with zero attached hydrogens (tertiary/aromatic N) is 1. The summed E-state index contributed by atoms with van der Waals surface area (Å²) in [6, 6.07) is 8.75. The normalized spacial score (nSPS) is 20.2. The summed E-state index contributed by atoms with van der Waals surface area (Å²) in [7, 11) is -1.99. The molecule has 1 heterocycles. The standard InChI is InChI=1S/C18H27NO3Si/c1-13(22-23(5,6)18(2,3)4)19-15(12-16(19)20)17(21)14-10-8-7-9-11-14/h7-11,13,15H,12H2,1-6H3/t13?,15-/m1/s1. The van der Waals surface area contributed by atoms with Crippen LogP contribution < -0.4 is 0 Å². The Morgan fingerprint density at radius 2 is 1.83 bits per heavy atom. The lowest BCUT2D eigenvalue weighted by Gasteiger charge is -2.47. The molecule has 5 heteroatoms. The van der Waals surface area contributed by atoms with E-state index in [0.717, 1.165) is 0 Å². The molecule has 1 fully saturated rings. The monoisotopic (exact) mass is 333 g/mol. The molecule has 0 aliphatic carbocycles. The van der Waals surface area contributed by atoms with E-state index in [1.165, 1.54) is 0 Å². The van der Waals surface area contributed by atoms with Crippen molar-refractivity contribution < 1.29 is 14.0 Å². The van der Waals surface area contributed by atoms with Crippen LogP contribution in [0.4, 0.5) is 0 Å². The average Bonchev–Trinajstić information content (AvgIpc) is 2.42. The molecule has 1 saturated heterocycles. The predicted octanol–water partition coefficient (Wildman–Crippen LogP) is 3.84. The molecule has 2 atom stereocenters. The molecule has 0 aromatic heterocycles. The molecule has 1 unspecified atom stereocenters. The predicted molar refractivity (Wildman–Crippen MR) is 93.8 cm³/mol. The highest BCUT2D eigenvalue weighted by Crippen LogP contribution is 2.38. The maximum atomic E-state index is 12.6. The first-order valence-electron chi connectivity index (χ1n) is 8.13. The third-order valence-electron chi connectivity index (χ3n) is 5.02. The van der Waals surface area contributed by atoms with Gasteiger partial charge in [0.1, 0.15) is 12.3 Å². The minimum atomic E-state index is -1.99. The summed E-state index contributed by atoms with van der Waals surface area (Å²) in [6.45, 7) is 12.7. The van der Waals surface area contributed by atoms with Crippen LogP contribution in [-0.2, 0) is 9.22 Å². The first-order chi connectivity index (χ1) is 10.5. The number of ketones is 1. The summed E-state index contributed by atoms with van der Waals surface area (Å²) in [4.78, 5) is 26.3. The van der Waals surface area contributed by atoms with Crippen LogP contribution in [0.1, 0.15) is 44.5 Å². The third kappa shape index (κ3) is 3.56. The van der Waals surface area contributed by atoms with Crippen LogP contribution in [0.25, 0.3) is 0 Å². The Bertz CT molecular complexity index is 592. The fourth-order valence-corrected chi connectivity index (χ4v) is 3.88. The average molecular weight is 334 g/mol. The second-order valence-electron chi connectivity index (χ2n) is 7.73. The molecule has 4 nitrogen and oxygen atoms in total. The van der Waals surface area contributed by atoms with E-state index in [2.05, 4.69) is 33.9 Å². The van der Waals surface area contributed by atoms with Gasteiger partial charge in [-0.3, -0.25) is 9.59 Å². The van der Waals surface area contributed by atoms with Crippen LogP contribution in [0, 0.1) is 0 Å². The quantitative estimate of drug-likeness (QED) is 0.467. The van der Waals surface area contributed by atoms with Crippen molar-refractivity contribution in [1.82, 2.24) is 4.90 Å². The SMILES string of the molecule is CC(O[Si](C)(C)C(C)(C)C)N1C(=O)C[C@@H]1C(=O)c1ccccc1.